The maximum absolute atomic E-state index is 12.4. The molecule has 0 atom stereocenters. The number of nitrogens with one attached hydrogen (secondary N) is 1. The second-order valence-electron chi connectivity index (χ2n) is 5.43. The molecule has 118 valence electrons. The number of halogens is 1. The first-order chi connectivity index (χ1) is 11.0. The van der Waals surface area contributed by atoms with E-state index in [9.17, 15) is 9.59 Å². The van der Waals surface area contributed by atoms with Gasteiger partial charge in [0.25, 0.3) is 11.5 Å². The summed E-state index contributed by atoms with van der Waals surface area (Å²) in [7, 11) is 3.48. The van der Waals surface area contributed by atoms with Crippen molar-refractivity contribution in [3.05, 3.63) is 68.7 Å². The highest BCUT2D eigenvalue weighted by Gasteiger charge is 2.15. The molecule has 0 aliphatic carbocycles. The van der Waals surface area contributed by atoms with Gasteiger partial charge in [0, 0.05) is 31.3 Å². The van der Waals surface area contributed by atoms with Gasteiger partial charge in [-0.15, -0.1) is 0 Å². The molecule has 6 heteroatoms. The van der Waals surface area contributed by atoms with Gasteiger partial charge in [0.05, 0.1) is 10.9 Å². The molecule has 0 fully saturated rings. The predicted octanol–water partition coefficient (Wildman–Crippen LogP) is 2.57. The molecule has 0 spiro atoms. The Bertz CT molecular complexity index is 956. The van der Waals surface area contributed by atoms with Crippen molar-refractivity contribution < 1.29 is 4.79 Å². The van der Waals surface area contributed by atoms with Crippen molar-refractivity contribution >= 4 is 32.7 Å². The Labute approximate surface area is 141 Å². The molecule has 0 bridgehead atoms. The monoisotopic (exact) mass is 373 g/mol. The molecule has 0 saturated heterocycles. The Morgan fingerprint density at radius 3 is 2.74 bits per heavy atom. The molecule has 1 aromatic carbocycles. The summed E-state index contributed by atoms with van der Waals surface area (Å²) in [4.78, 5) is 24.6. The van der Waals surface area contributed by atoms with Gasteiger partial charge in [-0.2, -0.15) is 0 Å². The normalized spacial score (nSPS) is 10.9. The fourth-order valence-corrected chi connectivity index (χ4v) is 3.02. The van der Waals surface area contributed by atoms with Crippen LogP contribution in [0.1, 0.15) is 16.1 Å². The lowest BCUT2D eigenvalue weighted by Gasteiger charge is -2.07. The number of amides is 1. The number of nitrogens with zero attached hydrogens (tertiary/aromatic N) is 2. The van der Waals surface area contributed by atoms with Crippen LogP contribution in [0.15, 0.2) is 51.9 Å². The summed E-state index contributed by atoms with van der Waals surface area (Å²) < 4.78 is 4.22. The van der Waals surface area contributed by atoms with Crippen LogP contribution in [0.4, 0.5) is 0 Å². The lowest BCUT2D eigenvalue weighted by Crippen LogP contribution is -2.24. The van der Waals surface area contributed by atoms with E-state index in [0.717, 1.165) is 15.6 Å². The average molecular weight is 374 g/mol. The third-order valence-electron chi connectivity index (χ3n) is 3.86. The van der Waals surface area contributed by atoms with Gasteiger partial charge in [0.15, 0.2) is 0 Å². The fraction of sp³-hybridized carbons (Fsp3) is 0.176. The van der Waals surface area contributed by atoms with Gasteiger partial charge in [0.2, 0.25) is 0 Å². The van der Waals surface area contributed by atoms with Gasteiger partial charge in [-0.05, 0) is 29.8 Å². The van der Waals surface area contributed by atoms with Crippen LogP contribution in [0.3, 0.4) is 0 Å². The molecule has 1 N–H and O–H groups in total. The maximum atomic E-state index is 12.4. The van der Waals surface area contributed by atoms with Crippen LogP contribution in [-0.4, -0.2) is 15.0 Å². The quantitative estimate of drug-likeness (QED) is 0.766. The zero-order valence-electron chi connectivity index (χ0n) is 12.8. The number of carbonyl (C=O) groups is 1. The number of pyridine rings is 1. The molecule has 3 rings (SSSR count). The highest BCUT2D eigenvalue weighted by molar-refractivity contribution is 9.10. The van der Waals surface area contributed by atoms with Gasteiger partial charge in [-0.25, -0.2) is 0 Å². The smallest absolute Gasteiger partial charge is 0.268 e. The number of rotatable bonds is 3. The Kier molecular flexibility index (Phi) is 4.09. The molecule has 0 saturated carbocycles. The summed E-state index contributed by atoms with van der Waals surface area (Å²) in [5.41, 5.74) is 2.12. The third-order valence-corrected chi connectivity index (χ3v) is 4.35. The van der Waals surface area contributed by atoms with Crippen LogP contribution in [0, 0.1) is 0 Å². The summed E-state index contributed by atoms with van der Waals surface area (Å²) in [6.07, 6.45) is 1.70. The summed E-state index contributed by atoms with van der Waals surface area (Å²) in [6, 6.07) is 11.2. The standard InChI is InChI=1S/C17H16BrN3O2/c1-20-7-6-14-13(17(20)23)9-15(21(14)2)16(22)19-10-11-4-3-5-12(18)8-11/h3-9H,10H2,1-2H3,(H,19,22). The molecule has 3 aromatic rings. The molecule has 1 amide bonds. The third kappa shape index (κ3) is 2.94. The molecule has 5 nitrogen and oxygen atoms in total. The van der Waals surface area contributed by atoms with Gasteiger partial charge in [-0.1, -0.05) is 28.1 Å². The largest absolute Gasteiger partial charge is 0.347 e. The van der Waals surface area contributed by atoms with Crippen molar-refractivity contribution in [3.63, 3.8) is 0 Å². The van der Waals surface area contributed by atoms with Gasteiger partial charge < -0.3 is 14.5 Å². The number of aromatic nitrogens is 2. The molecular weight excluding hydrogens is 358 g/mol. The number of aryl methyl sites for hydroxylation is 2. The van der Waals surface area contributed by atoms with E-state index < -0.39 is 0 Å². The van der Waals surface area contributed by atoms with Gasteiger partial charge in [-0.3, -0.25) is 9.59 Å². The fourth-order valence-electron chi connectivity index (χ4n) is 2.57. The molecule has 0 unspecified atom stereocenters. The van der Waals surface area contributed by atoms with E-state index in [0.29, 0.717) is 17.6 Å². The number of hydrogen-bond donors (Lipinski definition) is 1. The Balaban J connectivity index is 1.88. The summed E-state index contributed by atoms with van der Waals surface area (Å²) in [5.74, 6) is -0.203. The summed E-state index contributed by atoms with van der Waals surface area (Å²) >= 11 is 3.41. The van der Waals surface area contributed by atoms with Crippen LogP contribution >= 0.6 is 15.9 Å². The predicted molar refractivity (Wildman–Crippen MR) is 93.5 cm³/mol. The highest BCUT2D eigenvalue weighted by atomic mass is 79.9. The van der Waals surface area contributed by atoms with E-state index in [4.69, 9.17) is 0 Å². The van der Waals surface area contributed by atoms with Crippen LogP contribution < -0.4 is 10.9 Å². The second-order valence-corrected chi connectivity index (χ2v) is 6.35. The van der Waals surface area contributed by atoms with Gasteiger partial charge in [0.1, 0.15) is 5.69 Å². The number of hydrogen-bond acceptors (Lipinski definition) is 2. The second kappa shape index (κ2) is 6.04. The van der Waals surface area contributed by atoms with E-state index in [1.54, 1.807) is 30.9 Å². The van der Waals surface area contributed by atoms with E-state index in [-0.39, 0.29) is 11.5 Å². The molecular formula is C17H16BrN3O2. The van der Waals surface area contributed by atoms with Crippen LogP contribution in [0.2, 0.25) is 0 Å². The van der Waals surface area contributed by atoms with Crippen LogP contribution in [0.25, 0.3) is 10.9 Å². The molecule has 0 aliphatic rings. The average Bonchev–Trinajstić information content (AvgIpc) is 2.86. The van der Waals surface area contributed by atoms with Crippen molar-refractivity contribution in [3.8, 4) is 0 Å². The van der Waals surface area contributed by atoms with E-state index in [1.807, 2.05) is 30.3 Å². The van der Waals surface area contributed by atoms with Crippen molar-refractivity contribution in [1.82, 2.24) is 14.5 Å². The number of benzene rings is 1. The zero-order valence-corrected chi connectivity index (χ0v) is 14.4. The lowest BCUT2D eigenvalue weighted by molar-refractivity contribution is 0.0943. The summed E-state index contributed by atoms with van der Waals surface area (Å²) in [6.45, 7) is 0.428. The topological polar surface area (TPSA) is 56.0 Å². The highest BCUT2D eigenvalue weighted by Crippen LogP contribution is 2.15. The zero-order chi connectivity index (χ0) is 16.6. The minimum atomic E-state index is -0.203. The molecule has 2 heterocycles. The van der Waals surface area contributed by atoms with Crippen molar-refractivity contribution in [1.29, 1.82) is 0 Å². The molecule has 23 heavy (non-hydrogen) atoms. The van der Waals surface area contributed by atoms with Crippen molar-refractivity contribution in [2.75, 3.05) is 0 Å². The van der Waals surface area contributed by atoms with Crippen molar-refractivity contribution in [2.45, 2.75) is 6.54 Å². The van der Waals surface area contributed by atoms with E-state index in [2.05, 4.69) is 21.2 Å². The van der Waals surface area contributed by atoms with E-state index in [1.165, 1.54) is 4.57 Å². The Hall–Kier alpha value is -2.34. The van der Waals surface area contributed by atoms with Gasteiger partial charge >= 0.3 is 0 Å². The minimum absolute atomic E-state index is 0.107. The SMILES string of the molecule is Cn1ccc2c(cc(C(=O)NCc3cccc(Br)c3)n2C)c1=O. The molecule has 0 radical (unpaired) electrons. The van der Waals surface area contributed by atoms with Crippen molar-refractivity contribution in [2.24, 2.45) is 14.1 Å². The van der Waals surface area contributed by atoms with E-state index >= 15 is 0 Å². The molecule has 0 aliphatic heterocycles. The van der Waals surface area contributed by atoms with Crippen LogP contribution in [0.5, 0.6) is 0 Å². The maximum Gasteiger partial charge on any atom is 0.268 e. The number of fused-ring (bicyclic) bond motifs is 1. The lowest BCUT2D eigenvalue weighted by atomic mass is 10.2. The Morgan fingerprint density at radius 2 is 2.00 bits per heavy atom. The summed E-state index contributed by atoms with van der Waals surface area (Å²) in [5, 5.41) is 3.44. The molecule has 2 aromatic heterocycles. The van der Waals surface area contributed by atoms with Crippen LogP contribution in [-0.2, 0) is 20.6 Å². The Morgan fingerprint density at radius 1 is 1.22 bits per heavy atom. The first-order valence-electron chi connectivity index (χ1n) is 7.15. The number of carbonyl (C=O) groups excluding carboxylic acids is 1. The first kappa shape index (κ1) is 15.6. The first-order valence-corrected chi connectivity index (χ1v) is 7.94. The minimum Gasteiger partial charge on any atom is -0.347 e.